The SMILES string of the molecule is Cc1cccc(C)c1OCC[N+]1(C)CCCOCC1.[Y]. The maximum absolute atomic E-state index is 6.02. The molecule has 1 unspecified atom stereocenters. The first kappa shape index (κ1) is 18.1. The Kier molecular flexibility index (Phi) is 7.67. The summed E-state index contributed by atoms with van der Waals surface area (Å²) in [5.41, 5.74) is 2.45. The zero-order chi connectivity index (χ0) is 13.7. The van der Waals surface area contributed by atoms with Crippen LogP contribution >= 0.6 is 0 Å². The van der Waals surface area contributed by atoms with Crippen molar-refractivity contribution in [2.75, 3.05) is 46.5 Å². The Hall–Kier alpha value is 0.0439. The third-order valence-electron chi connectivity index (χ3n) is 4.05. The van der Waals surface area contributed by atoms with Gasteiger partial charge in [-0.1, -0.05) is 18.2 Å². The topological polar surface area (TPSA) is 18.5 Å². The Labute approximate surface area is 148 Å². The molecule has 1 aromatic carbocycles. The molecule has 109 valence electrons. The standard InChI is InChI=1S/C16H26NO2.Y/c1-14-6-4-7-15(2)16(14)19-13-10-17(3)8-5-11-18-12-9-17;/h4,6-7H,5,8-13H2,1-3H3;/q+1;. The molecule has 0 amide bonds. The van der Waals surface area contributed by atoms with E-state index in [9.17, 15) is 0 Å². The molecule has 1 aromatic rings. The molecule has 1 atom stereocenters. The molecule has 1 radical (unpaired) electrons. The van der Waals surface area contributed by atoms with Gasteiger partial charge >= 0.3 is 0 Å². The van der Waals surface area contributed by atoms with Gasteiger partial charge in [-0.15, -0.1) is 0 Å². The average Bonchev–Trinajstić information content (AvgIpc) is 2.58. The number of likely N-dealkylation sites (N-methyl/N-ethyl adjacent to an activating group) is 1. The monoisotopic (exact) mass is 353 g/mol. The van der Waals surface area contributed by atoms with Crippen LogP contribution in [0.5, 0.6) is 5.75 Å². The van der Waals surface area contributed by atoms with Crippen LogP contribution in [0.1, 0.15) is 17.5 Å². The second-order valence-electron chi connectivity index (χ2n) is 5.83. The third-order valence-corrected chi connectivity index (χ3v) is 4.05. The average molecular weight is 353 g/mol. The summed E-state index contributed by atoms with van der Waals surface area (Å²) in [4.78, 5) is 0. The molecule has 0 aliphatic carbocycles. The minimum atomic E-state index is 0. The van der Waals surface area contributed by atoms with Crippen molar-refractivity contribution in [2.24, 2.45) is 0 Å². The first-order chi connectivity index (χ1) is 9.11. The van der Waals surface area contributed by atoms with Crippen LogP contribution in [0.3, 0.4) is 0 Å². The van der Waals surface area contributed by atoms with Crippen LogP contribution in [0.2, 0.25) is 0 Å². The molecule has 0 aromatic heterocycles. The number of ether oxygens (including phenoxy) is 2. The van der Waals surface area contributed by atoms with Crippen LogP contribution in [0.25, 0.3) is 0 Å². The van der Waals surface area contributed by atoms with Gasteiger partial charge in [0.1, 0.15) is 25.4 Å². The summed E-state index contributed by atoms with van der Waals surface area (Å²) in [6.07, 6.45) is 1.15. The van der Waals surface area contributed by atoms with Crippen molar-refractivity contribution in [2.45, 2.75) is 20.3 Å². The molecule has 0 spiro atoms. The molecule has 20 heavy (non-hydrogen) atoms. The van der Waals surface area contributed by atoms with E-state index in [1.54, 1.807) is 0 Å². The second kappa shape index (κ2) is 8.48. The van der Waals surface area contributed by atoms with Crippen molar-refractivity contribution in [1.82, 2.24) is 0 Å². The Morgan fingerprint density at radius 3 is 2.55 bits per heavy atom. The molecule has 3 nitrogen and oxygen atoms in total. The number of benzene rings is 1. The fourth-order valence-corrected chi connectivity index (χ4v) is 2.67. The predicted molar refractivity (Wildman–Crippen MR) is 77.6 cm³/mol. The Morgan fingerprint density at radius 1 is 1.15 bits per heavy atom. The number of para-hydroxylation sites is 1. The molecule has 0 bridgehead atoms. The van der Waals surface area contributed by atoms with Gasteiger partial charge in [-0.2, -0.15) is 0 Å². The van der Waals surface area contributed by atoms with Crippen LogP contribution in [0.4, 0.5) is 0 Å². The normalized spacial score (nSPS) is 22.8. The Bertz CT molecular complexity index is 395. The molecular weight excluding hydrogens is 327 g/mol. The zero-order valence-electron chi connectivity index (χ0n) is 13.0. The van der Waals surface area contributed by atoms with Crippen molar-refractivity contribution in [3.8, 4) is 5.75 Å². The van der Waals surface area contributed by atoms with E-state index in [2.05, 4.69) is 39.1 Å². The molecule has 4 heteroatoms. The van der Waals surface area contributed by atoms with Crippen molar-refractivity contribution in [1.29, 1.82) is 0 Å². The number of hydrogen-bond acceptors (Lipinski definition) is 2. The van der Waals surface area contributed by atoms with Crippen molar-refractivity contribution in [3.63, 3.8) is 0 Å². The van der Waals surface area contributed by atoms with Gasteiger partial charge in [0.05, 0.1) is 26.8 Å². The summed E-state index contributed by atoms with van der Waals surface area (Å²) in [7, 11) is 2.31. The number of rotatable bonds is 4. The molecule has 0 saturated carbocycles. The number of hydrogen-bond donors (Lipinski definition) is 0. The minimum absolute atomic E-state index is 0. The van der Waals surface area contributed by atoms with Gasteiger partial charge in [-0.05, 0) is 25.0 Å². The molecule has 1 aliphatic rings. The van der Waals surface area contributed by atoms with Gasteiger partial charge < -0.3 is 14.0 Å². The van der Waals surface area contributed by atoms with E-state index in [4.69, 9.17) is 9.47 Å². The summed E-state index contributed by atoms with van der Waals surface area (Å²) in [5.74, 6) is 1.06. The van der Waals surface area contributed by atoms with Crippen LogP contribution in [-0.2, 0) is 37.4 Å². The van der Waals surface area contributed by atoms with Crippen LogP contribution in [0.15, 0.2) is 18.2 Å². The summed E-state index contributed by atoms with van der Waals surface area (Å²) in [6, 6.07) is 6.30. The van der Waals surface area contributed by atoms with E-state index in [1.165, 1.54) is 17.7 Å². The largest absolute Gasteiger partial charge is 0.487 e. The predicted octanol–water partition coefficient (Wildman–Crippen LogP) is 2.55. The van der Waals surface area contributed by atoms with E-state index in [0.717, 1.165) is 49.6 Å². The maximum atomic E-state index is 6.02. The first-order valence-corrected chi connectivity index (χ1v) is 7.21. The summed E-state index contributed by atoms with van der Waals surface area (Å²) < 4.78 is 12.6. The quantitative estimate of drug-likeness (QED) is 0.775. The van der Waals surface area contributed by atoms with Gasteiger partial charge in [0, 0.05) is 39.1 Å². The number of quaternary nitrogens is 1. The minimum Gasteiger partial charge on any atom is -0.487 e. The van der Waals surface area contributed by atoms with Gasteiger partial charge in [0.15, 0.2) is 0 Å². The van der Waals surface area contributed by atoms with E-state index in [0.29, 0.717) is 0 Å². The van der Waals surface area contributed by atoms with Gasteiger partial charge in [-0.25, -0.2) is 0 Å². The summed E-state index contributed by atoms with van der Waals surface area (Å²) in [5, 5.41) is 0. The van der Waals surface area contributed by atoms with Crippen LogP contribution in [-0.4, -0.2) is 51.0 Å². The van der Waals surface area contributed by atoms with Gasteiger partial charge in [0.2, 0.25) is 0 Å². The van der Waals surface area contributed by atoms with Crippen molar-refractivity contribution >= 4 is 0 Å². The van der Waals surface area contributed by atoms with Crippen molar-refractivity contribution in [3.05, 3.63) is 29.3 Å². The molecule has 2 rings (SSSR count). The van der Waals surface area contributed by atoms with Crippen LogP contribution in [0, 0.1) is 13.8 Å². The molecule has 0 N–H and O–H groups in total. The number of nitrogens with zero attached hydrogens (tertiary/aromatic N) is 1. The molecule has 1 heterocycles. The fourth-order valence-electron chi connectivity index (χ4n) is 2.67. The van der Waals surface area contributed by atoms with E-state index >= 15 is 0 Å². The summed E-state index contributed by atoms with van der Waals surface area (Å²) in [6.45, 7) is 10.1. The summed E-state index contributed by atoms with van der Waals surface area (Å²) >= 11 is 0. The molecule has 1 fully saturated rings. The van der Waals surface area contributed by atoms with Gasteiger partial charge in [-0.3, -0.25) is 0 Å². The Balaban J connectivity index is 0.00000200. The van der Waals surface area contributed by atoms with Crippen molar-refractivity contribution < 1.29 is 46.7 Å². The molecular formula is C16H26NO2Y+. The van der Waals surface area contributed by atoms with Gasteiger partial charge in [0.25, 0.3) is 0 Å². The zero-order valence-corrected chi connectivity index (χ0v) is 15.9. The molecule has 1 saturated heterocycles. The first-order valence-electron chi connectivity index (χ1n) is 7.21. The van der Waals surface area contributed by atoms with Crippen LogP contribution < -0.4 is 4.74 Å². The number of aryl methyl sites for hydroxylation is 2. The third kappa shape index (κ3) is 5.10. The van der Waals surface area contributed by atoms with E-state index in [1.807, 2.05) is 0 Å². The second-order valence-corrected chi connectivity index (χ2v) is 5.83. The fraction of sp³-hybridized carbons (Fsp3) is 0.625. The smallest absolute Gasteiger partial charge is 0.137 e. The maximum Gasteiger partial charge on any atom is 0.137 e. The molecule has 1 aliphatic heterocycles. The Morgan fingerprint density at radius 2 is 1.85 bits per heavy atom. The van der Waals surface area contributed by atoms with E-state index in [-0.39, 0.29) is 32.7 Å². The van der Waals surface area contributed by atoms with E-state index < -0.39 is 0 Å².